The highest BCUT2D eigenvalue weighted by atomic mass is 16.7. The zero-order valence-corrected chi connectivity index (χ0v) is 15.5. The van der Waals surface area contributed by atoms with Crippen LogP contribution in [0.4, 0.5) is 0 Å². The molecule has 4 nitrogen and oxygen atoms in total. The Morgan fingerprint density at radius 3 is 2.80 bits per heavy atom. The van der Waals surface area contributed by atoms with E-state index in [4.69, 9.17) is 14.2 Å². The van der Waals surface area contributed by atoms with Crippen molar-refractivity contribution in [3.8, 4) is 5.75 Å². The van der Waals surface area contributed by atoms with Crippen molar-refractivity contribution in [1.82, 2.24) is 0 Å². The molecule has 0 aromatic heterocycles. The van der Waals surface area contributed by atoms with E-state index in [0.717, 1.165) is 37.9 Å². The number of aliphatic hydroxyl groups excluding tert-OH is 1. The van der Waals surface area contributed by atoms with Gasteiger partial charge in [-0.25, -0.2) is 0 Å². The summed E-state index contributed by atoms with van der Waals surface area (Å²) in [6.07, 6.45) is 4.98. The predicted octanol–water partition coefficient (Wildman–Crippen LogP) is 3.34. The second kappa shape index (κ2) is 6.57. The van der Waals surface area contributed by atoms with Crippen molar-refractivity contribution in [1.29, 1.82) is 0 Å². The first kappa shape index (κ1) is 17.3. The van der Waals surface area contributed by atoms with E-state index in [-0.39, 0.29) is 12.2 Å². The van der Waals surface area contributed by atoms with Crippen LogP contribution in [0.3, 0.4) is 0 Å². The second-order valence-corrected chi connectivity index (χ2v) is 8.43. The Balaban J connectivity index is 1.44. The van der Waals surface area contributed by atoms with Gasteiger partial charge in [-0.3, -0.25) is 0 Å². The third kappa shape index (κ3) is 3.32. The minimum Gasteiger partial charge on any atom is -0.496 e. The standard InChI is InChI=1S/C21H30O4/c1-21(2)24-12-15(25-21)7-8-16-17-9-13-5-4-6-20(23-3)18(13)10-14(17)11-19(16)22/h4-6,14-17,19,22H,7-12H2,1-3H3/t14?,15?,16?,17?,19-/m1/s1. The molecule has 2 aliphatic carbocycles. The molecule has 1 aliphatic heterocycles. The van der Waals surface area contributed by atoms with Gasteiger partial charge in [-0.05, 0) is 80.9 Å². The molecular formula is C21H30O4. The topological polar surface area (TPSA) is 47.9 Å². The van der Waals surface area contributed by atoms with E-state index in [1.165, 1.54) is 11.1 Å². The first-order valence-electron chi connectivity index (χ1n) is 9.61. The number of fused-ring (bicyclic) bond motifs is 2. The van der Waals surface area contributed by atoms with Crippen LogP contribution in [-0.2, 0) is 22.3 Å². The minimum atomic E-state index is -0.457. The summed E-state index contributed by atoms with van der Waals surface area (Å²) in [6, 6.07) is 6.37. The van der Waals surface area contributed by atoms with Crippen LogP contribution < -0.4 is 4.74 Å². The highest BCUT2D eigenvalue weighted by molar-refractivity contribution is 5.43. The Morgan fingerprint density at radius 2 is 2.08 bits per heavy atom. The normalized spacial score (nSPS) is 36.1. The number of rotatable bonds is 4. The second-order valence-electron chi connectivity index (χ2n) is 8.43. The molecule has 4 unspecified atom stereocenters. The molecule has 1 N–H and O–H groups in total. The summed E-state index contributed by atoms with van der Waals surface area (Å²) in [6.45, 7) is 4.61. The maximum atomic E-state index is 10.7. The molecule has 3 aliphatic rings. The first-order chi connectivity index (χ1) is 12.0. The van der Waals surface area contributed by atoms with Crippen molar-refractivity contribution in [3.05, 3.63) is 29.3 Å². The van der Waals surface area contributed by atoms with E-state index in [9.17, 15) is 5.11 Å². The molecule has 4 rings (SSSR count). The zero-order chi connectivity index (χ0) is 17.6. The Kier molecular flexibility index (Phi) is 4.55. The molecule has 0 spiro atoms. The summed E-state index contributed by atoms with van der Waals surface area (Å²) >= 11 is 0. The van der Waals surface area contributed by atoms with E-state index in [2.05, 4.69) is 18.2 Å². The molecular weight excluding hydrogens is 316 g/mol. The van der Waals surface area contributed by atoms with Gasteiger partial charge < -0.3 is 19.3 Å². The molecule has 1 saturated carbocycles. The lowest BCUT2D eigenvalue weighted by molar-refractivity contribution is -0.139. The van der Waals surface area contributed by atoms with E-state index < -0.39 is 5.79 Å². The van der Waals surface area contributed by atoms with Crippen LogP contribution in [0, 0.1) is 17.8 Å². The number of methoxy groups -OCH3 is 1. The molecule has 0 radical (unpaired) electrons. The summed E-state index contributed by atoms with van der Waals surface area (Å²) in [5.74, 6) is 2.07. The molecule has 5 atom stereocenters. The fourth-order valence-corrected chi connectivity index (χ4v) is 5.28. The van der Waals surface area contributed by atoms with E-state index >= 15 is 0 Å². The van der Waals surface area contributed by atoms with Gasteiger partial charge in [0.1, 0.15) is 5.75 Å². The highest BCUT2D eigenvalue weighted by Crippen LogP contribution is 2.48. The third-order valence-corrected chi connectivity index (χ3v) is 6.46. The fourth-order valence-electron chi connectivity index (χ4n) is 5.28. The van der Waals surface area contributed by atoms with Gasteiger partial charge in [0, 0.05) is 0 Å². The van der Waals surface area contributed by atoms with Gasteiger partial charge in [0.05, 0.1) is 25.9 Å². The average Bonchev–Trinajstić information content (AvgIpc) is 3.08. The fraction of sp³-hybridized carbons (Fsp3) is 0.714. The highest BCUT2D eigenvalue weighted by Gasteiger charge is 2.45. The lowest BCUT2D eigenvalue weighted by atomic mass is 9.73. The molecule has 1 aromatic carbocycles. The number of benzene rings is 1. The molecule has 138 valence electrons. The number of hydrogen-bond donors (Lipinski definition) is 1. The van der Waals surface area contributed by atoms with Crippen LogP contribution >= 0.6 is 0 Å². The Bertz CT molecular complexity index is 626. The Morgan fingerprint density at radius 1 is 1.24 bits per heavy atom. The lowest BCUT2D eigenvalue weighted by Crippen LogP contribution is -2.28. The van der Waals surface area contributed by atoms with Crippen molar-refractivity contribution in [2.75, 3.05) is 13.7 Å². The van der Waals surface area contributed by atoms with Gasteiger partial charge in [0.25, 0.3) is 0 Å². The number of hydrogen-bond acceptors (Lipinski definition) is 4. The molecule has 0 bridgehead atoms. The lowest BCUT2D eigenvalue weighted by Gasteiger charge is -2.32. The largest absolute Gasteiger partial charge is 0.496 e. The van der Waals surface area contributed by atoms with Gasteiger partial charge in [-0.2, -0.15) is 0 Å². The van der Waals surface area contributed by atoms with Crippen LogP contribution in [-0.4, -0.2) is 36.8 Å². The Labute approximate surface area is 150 Å². The maximum Gasteiger partial charge on any atom is 0.163 e. The van der Waals surface area contributed by atoms with E-state index in [1.807, 2.05) is 13.8 Å². The van der Waals surface area contributed by atoms with Crippen molar-refractivity contribution < 1.29 is 19.3 Å². The summed E-state index contributed by atoms with van der Waals surface area (Å²) < 4.78 is 17.2. The van der Waals surface area contributed by atoms with Crippen molar-refractivity contribution in [2.24, 2.45) is 17.8 Å². The molecule has 2 fully saturated rings. The van der Waals surface area contributed by atoms with E-state index in [1.54, 1.807) is 7.11 Å². The molecule has 1 heterocycles. The molecule has 1 aromatic rings. The van der Waals surface area contributed by atoms with Crippen molar-refractivity contribution in [2.45, 2.75) is 63.9 Å². The molecule has 25 heavy (non-hydrogen) atoms. The summed E-state index contributed by atoms with van der Waals surface area (Å²) in [4.78, 5) is 0. The third-order valence-electron chi connectivity index (χ3n) is 6.46. The van der Waals surface area contributed by atoms with Crippen molar-refractivity contribution in [3.63, 3.8) is 0 Å². The minimum absolute atomic E-state index is 0.164. The van der Waals surface area contributed by atoms with Crippen LogP contribution in [0.2, 0.25) is 0 Å². The summed E-state index contributed by atoms with van der Waals surface area (Å²) in [5.41, 5.74) is 2.76. The van der Waals surface area contributed by atoms with Crippen LogP contribution in [0.15, 0.2) is 18.2 Å². The quantitative estimate of drug-likeness (QED) is 0.908. The number of ether oxygens (including phenoxy) is 3. The smallest absolute Gasteiger partial charge is 0.163 e. The van der Waals surface area contributed by atoms with E-state index in [0.29, 0.717) is 24.4 Å². The van der Waals surface area contributed by atoms with Gasteiger partial charge in [-0.15, -0.1) is 0 Å². The van der Waals surface area contributed by atoms with Gasteiger partial charge in [-0.1, -0.05) is 12.1 Å². The Hall–Kier alpha value is -1.10. The average molecular weight is 346 g/mol. The summed E-state index contributed by atoms with van der Waals surface area (Å²) in [5, 5.41) is 10.7. The van der Waals surface area contributed by atoms with Crippen LogP contribution in [0.25, 0.3) is 0 Å². The molecule has 0 amide bonds. The van der Waals surface area contributed by atoms with Crippen LogP contribution in [0.1, 0.15) is 44.2 Å². The number of aliphatic hydroxyl groups is 1. The molecule has 1 saturated heterocycles. The van der Waals surface area contributed by atoms with Crippen molar-refractivity contribution >= 4 is 0 Å². The zero-order valence-electron chi connectivity index (χ0n) is 15.5. The molecule has 4 heteroatoms. The van der Waals surface area contributed by atoms with Gasteiger partial charge in [0.2, 0.25) is 0 Å². The monoisotopic (exact) mass is 346 g/mol. The summed E-state index contributed by atoms with van der Waals surface area (Å²) in [7, 11) is 1.75. The van der Waals surface area contributed by atoms with Crippen LogP contribution in [0.5, 0.6) is 5.75 Å². The van der Waals surface area contributed by atoms with Gasteiger partial charge >= 0.3 is 0 Å². The van der Waals surface area contributed by atoms with Gasteiger partial charge in [0.15, 0.2) is 5.79 Å². The SMILES string of the molecule is COc1cccc2c1CC1C[C@@H](O)C(CCC3COC(C)(C)O3)C1C2. The predicted molar refractivity (Wildman–Crippen MR) is 95.6 cm³/mol. The first-order valence-corrected chi connectivity index (χ1v) is 9.61. The maximum absolute atomic E-state index is 10.7.